The van der Waals surface area contributed by atoms with Crippen LogP contribution in [0.4, 0.5) is 26.3 Å². The molecule has 2 aromatic rings. The van der Waals surface area contributed by atoms with Crippen molar-refractivity contribution in [1.29, 1.82) is 0 Å². The largest absolute Gasteiger partial charge is 0.433 e. The molecule has 1 amide bonds. The molecule has 152 valence electrons. The van der Waals surface area contributed by atoms with E-state index in [4.69, 9.17) is 5.73 Å². The summed E-state index contributed by atoms with van der Waals surface area (Å²) in [5.41, 5.74) is -0.571. The Labute approximate surface area is 154 Å². The maximum absolute atomic E-state index is 13.4. The van der Waals surface area contributed by atoms with E-state index in [0.29, 0.717) is 6.07 Å². The van der Waals surface area contributed by atoms with Gasteiger partial charge in [-0.05, 0) is 24.1 Å². The summed E-state index contributed by atoms with van der Waals surface area (Å²) >= 11 is 0. The number of carbonyl (C=O) groups excluding carboxylic acids is 1. The molecular weight excluding hydrogens is 392 g/mol. The fourth-order valence-corrected chi connectivity index (χ4v) is 2.47. The first-order valence-electron chi connectivity index (χ1n) is 7.80. The van der Waals surface area contributed by atoms with Gasteiger partial charge in [-0.15, -0.1) is 0 Å². The zero-order valence-corrected chi connectivity index (χ0v) is 14.6. The fraction of sp³-hybridized carbons (Fsp3) is 0.353. The second-order valence-corrected chi connectivity index (χ2v) is 6.78. The van der Waals surface area contributed by atoms with Crippen molar-refractivity contribution in [1.82, 2.24) is 9.97 Å². The Morgan fingerprint density at radius 3 is 2.18 bits per heavy atom. The van der Waals surface area contributed by atoms with Crippen molar-refractivity contribution in [2.24, 2.45) is 11.1 Å². The minimum absolute atomic E-state index is 0.0728. The highest BCUT2D eigenvalue weighted by molar-refractivity contribution is 5.80. The zero-order chi connectivity index (χ0) is 21.5. The third-order valence-corrected chi connectivity index (χ3v) is 3.99. The molecule has 5 nitrogen and oxygen atoms in total. The Morgan fingerprint density at radius 2 is 1.68 bits per heavy atom. The summed E-state index contributed by atoms with van der Waals surface area (Å²) in [6, 6.07) is 2.83. The van der Waals surface area contributed by atoms with Crippen molar-refractivity contribution in [3.05, 3.63) is 51.4 Å². The molecule has 1 heterocycles. The predicted molar refractivity (Wildman–Crippen MR) is 87.0 cm³/mol. The molecule has 0 unspecified atom stereocenters. The van der Waals surface area contributed by atoms with Crippen LogP contribution in [0, 0.1) is 5.41 Å². The maximum atomic E-state index is 13.4. The Balaban J connectivity index is 2.70. The van der Waals surface area contributed by atoms with Crippen molar-refractivity contribution < 1.29 is 31.1 Å². The molecule has 0 aliphatic carbocycles. The number of amides is 1. The first kappa shape index (κ1) is 21.5. The van der Waals surface area contributed by atoms with Crippen LogP contribution in [0.3, 0.4) is 0 Å². The number of halogens is 6. The van der Waals surface area contributed by atoms with Gasteiger partial charge in [-0.25, -0.2) is 4.98 Å². The van der Waals surface area contributed by atoms with E-state index in [0.717, 1.165) is 12.1 Å². The lowest BCUT2D eigenvalue weighted by Crippen LogP contribution is -2.33. The Morgan fingerprint density at radius 1 is 1.07 bits per heavy atom. The van der Waals surface area contributed by atoms with Gasteiger partial charge in [-0.3, -0.25) is 9.59 Å². The fourth-order valence-electron chi connectivity index (χ4n) is 2.47. The average molecular weight is 407 g/mol. The van der Waals surface area contributed by atoms with Crippen molar-refractivity contribution in [3.63, 3.8) is 0 Å². The molecule has 0 saturated carbocycles. The van der Waals surface area contributed by atoms with E-state index in [1.54, 1.807) is 0 Å². The monoisotopic (exact) mass is 407 g/mol. The number of primary amides is 1. The minimum Gasteiger partial charge on any atom is -0.369 e. The predicted octanol–water partition coefficient (Wildman–Crippen LogP) is 3.53. The van der Waals surface area contributed by atoms with Crippen LogP contribution in [0.15, 0.2) is 29.1 Å². The summed E-state index contributed by atoms with van der Waals surface area (Å²) in [7, 11) is 0. The molecule has 0 spiro atoms. The summed E-state index contributed by atoms with van der Waals surface area (Å²) in [5.74, 6) is -1.59. The van der Waals surface area contributed by atoms with Gasteiger partial charge in [0.05, 0.1) is 5.56 Å². The second-order valence-electron chi connectivity index (χ2n) is 6.78. The van der Waals surface area contributed by atoms with Gasteiger partial charge >= 0.3 is 12.4 Å². The number of hydrogen-bond acceptors (Lipinski definition) is 3. The Hall–Kier alpha value is -2.85. The van der Waals surface area contributed by atoms with Crippen molar-refractivity contribution >= 4 is 5.91 Å². The molecule has 1 aromatic carbocycles. The number of aromatic amines is 1. The molecule has 0 aliphatic rings. The third-order valence-electron chi connectivity index (χ3n) is 3.99. The standard InChI is InChI=1S/C17H15F6N3O2/c1-15(2,14(24)28)7-8-3-4-10(16(18,19)20)9(5-8)13-25-11(17(21,22)23)6-12(27)26-13/h3-6H,7H2,1-2H3,(H2,24,28)(H,25,26,27). The molecule has 0 aliphatic heterocycles. The van der Waals surface area contributed by atoms with Crippen molar-refractivity contribution in [2.45, 2.75) is 32.6 Å². The van der Waals surface area contributed by atoms with E-state index < -0.39 is 51.9 Å². The molecule has 2 rings (SSSR count). The second kappa shape index (κ2) is 6.95. The molecule has 0 bridgehead atoms. The highest BCUT2D eigenvalue weighted by atomic mass is 19.4. The van der Waals surface area contributed by atoms with Gasteiger partial charge in [0.15, 0.2) is 5.69 Å². The molecule has 1 aromatic heterocycles. The SMILES string of the molecule is CC(C)(Cc1ccc(C(F)(F)F)c(-c2nc(C(F)(F)F)cc(=O)[nH]2)c1)C(N)=O. The van der Waals surface area contributed by atoms with Gasteiger partial charge in [0.25, 0.3) is 5.56 Å². The van der Waals surface area contributed by atoms with Crippen molar-refractivity contribution in [3.8, 4) is 11.4 Å². The van der Waals surface area contributed by atoms with Gasteiger partial charge in [-0.2, -0.15) is 26.3 Å². The van der Waals surface area contributed by atoms with Gasteiger partial charge < -0.3 is 10.7 Å². The molecule has 0 radical (unpaired) electrons. The summed E-state index contributed by atoms with van der Waals surface area (Å²) in [6.07, 6.45) is -10.0. The summed E-state index contributed by atoms with van der Waals surface area (Å²) < 4.78 is 78.8. The lowest BCUT2D eigenvalue weighted by molar-refractivity contribution is -0.141. The van der Waals surface area contributed by atoms with E-state index in [-0.39, 0.29) is 18.1 Å². The van der Waals surface area contributed by atoms with E-state index in [2.05, 4.69) is 4.98 Å². The quantitative estimate of drug-likeness (QED) is 0.760. The molecule has 0 atom stereocenters. The number of rotatable bonds is 4. The number of nitrogens with two attached hydrogens (primary N) is 1. The van der Waals surface area contributed by atoms with Gasteiger partial charge in [0, 0.05) is 17.0 Å². The molecular formula is C17H15F6N3O2. The molecule has 0 fully saturated rings. The number of H-pyrrole nitrogens is 1. The van der Waals surface area contributed by atoms with E-state index in [9.17, 15) is 35.9 Å². The zero-order valence-electron chi connectivity index (χ0n) is 14.6. The first-order chi connectivity index (χ1) is 12.6. The highest BCUT2D eigenvalue weighted by Crippen LogP contribution is 2.38. The smallest absolute Gasteiger partial charge is 0.369 e. The van der Waals surface area contributed by atoms with Crippen molar-refractivity contribution in [2.75, 3.05) is 0 Å². The summed E-state index contributed by atoms with van der Waals surface area (Å²) in [5, 5.41) is 0. The third kappa shape index (κ3) is 4.70. The lowest BCUT2D eigenvalue weighted by Gasteiger charge is -2.21. The van der Waals surface area contributed by atoms with Crippen LogP contribution in [0.5, 0.6) is 0 Å². The van der Waals surface area contributed by atoms with Crippen LogP contribution in [-0.2, 0) is 23.6 Å². The molecule has 11 heteroatoms. The van der Waals surface area contributed by atoms with Gasteiger partial charge in [0.1, 0.15) is 5.82 Å². The maximum Gasteiger partial charge on any atom is 0.433 e. The number of aromatic nitrogens is 2. The van der Waals surface area contributed by atoms with E-state index in [1.807, 2.05) is 4.98 Å². The molecule has 28 heavy (non-hydrogen) atoms. The topological polar surface area (TPSA) is 88.8 Å². The van der Waals surface area contributed by atoms with Crippen LogP contribution in [0.25, 0.3) is 11.4 Å². The van der Waals surface area contributed by atoms with Crippen LogP contribution in [-0.4, -0.2) is 15.9 Å². The normalized spacial score (nSPS) is 12.9. The van der Waals surface area contributed by atoms with Crippen LogP contribution < -0.4 is 11.3 Å². The lowest BCUT2D eigenvalue weighted by atomic mass is 9.84. The van der Waals surface area contributed by atoms with Crippen LogP contribution in [0.1, 0.15) is 30.7 Å². The average Bonchev–Trinajstić information content (AvgIpc) is 2.51. The summed E-state index contributed by atoms with van der Waals surface area (Å²) in [4.78, 5) is 28.1. The first-order valence-corrected chi connectivity index (χ1v) is 7.80. The number of nitrogens with one attached hydrogen (secondary N) is 1. The van der Waals surface area contributed by atoms with E-state index in [1.165, 1.54) is 13.8 Å². The highest BCUT2D eigenvalue weighted by Gasteiger charge is 2.37. The number of alkyl halides is 6. The van der Waals surface area contributed by atoms with Crippen LogP contribution in [0.2, 0.25) is 0 Å². The molecule has 0 saturated heterocycles. The summed E-state index contributed by atoms with van der Waals surface area (Å²) in [6.45, 7) is 2.94. The number of carbonyl (C=O) groups is 1. The molecule has 3 N–H and O–H groups in total. The Kier molecular flexibility index (Phi) is 5.33. The number of nitrogens with zero attached hydrogens (tertiary/aromatic N) is 1. The van der Waals surface area contributed by atoms with Crippen LogP contribution >= 0.6 is 0 Å². The van der Waals surface area contributed by atoms with E-state index >= 15 is 0 Å². The minimum atomic E-state index is -5.02. The van der Waals surface area contributed by atoms with Gasteiger partial charge in [-0.1, -0.05) is 19.9 Å². The number of hydrogen-bond donors (Lipinski definition) is 2. The Bertz CT molecular complexity index is 961. The number of benzene rings is 1. The van der Waals surface area contributed by atoms with Gasteiger partial charge in [0.2, 0.25) is 5.91 Å².